The molecule has 2 unspecified atom stereocenters. The van der Waals surface area contributed by atoms with Crippen molar-refractivity contribution in [3.05, 3.63) is 35.4 Å². The van der Waals surface area contributed by atoms with Crippen LogP contribution in [0.1, 0.15) is 57.6 Å². The number of benzene rings is 1. The Bertz CT molecular complexity index is 410. The minimum absolute atomic E-state index is 0.563. The van der Waals surface area contributed by atoms with Crippen molar-refractivity contribution in [3.63, 3.8) is 0 Å². The average molecular weight is 288 g/mol. The normalized spacial score (nSPS) is 21.7. The van der Waals surface area contributed by atoms with E-state index in [9.17, 15) is 0 Å². The van der Waals surface area contributed by atoms with E-state index in [1.165, 1.54) is 37.1 Å². The number of hydrogen-bond acceptors (Lipinski definition) is 2. The van der Waals surface area contributed by atoms with Gasteiger partial charge >= 0.3 is 0 Å². The molecule has 0 aliphatic carbocycles. The van der Waals surface area contributed by atoms with Crippen molar-refractivity contribution in [3.8, 4) is 0 Å². The van der Waals surface area contributed by atoms with Crippen LogP contribution in [0.15, 0.2) is 24.3 Å². The van der Waals surface area contributed by atoms with E-state index in [0.29, 0.717) is 12.0 Å². The first-order chi connectivity index (χ1) is 10.0. The third-order valence-electron chi connectivity index (χ3n) is 4.53. The molecule has 1 N–H and O–H groups in total. The van der Waals surface area contributed by atoms with Crippen molar-refractivity contribution in [2.75, 3.05) is 19.6 Å². The van der Waals surface area contributed by atoms with E-state index in [4.69, 9.17) is 0 Å². The summed E-state index contributed by atoms with van der Waals surface area (Å²) in [5.41, 5.74) is 2.90. The van der Waals surface area contributed by atoms with E-state index in [2.05, 4.69) is 62.2 Å². The third-order valence-corrected chi connectivity index (χ3v) is 4.53. The van der Waals surface area contributed by atoms with Crippen molar-refractivity contribution >= 4 is 0 Å². The lowest BCUT2D eigenvalue weighted by Gasteiger charge is -2.30. The van der Waals surface area contributed by atoms with Gasteiger partial charge in [-0.2, -0.15) is 0 Å². The second-order valence-electron chi connectivity index (χ2n) is 7.19. The van der Waals surface area contributed by atoms with Crippen molar-refractivity contribution in [2.24, 2.45) is 5.92 Å². The van der Waals surface area contributed by atoms with E-state index in [0.717, 1.165) is 19.0 Å². The predicted molar refractivity (Wildman–Crippen MR) is 91.7 cm³/mol. The summed E-state index contributed by atoms with van der Waals surface area (Å²) >= 11 is 0. The van der Waals surface area contributed by atoms with Crippen molar-refractivity contribution in [1.29, 1.82) is 0 Å². The molecule has 0 amide bonds. The van der Waals surface area contributed by atoms with Crippen LogP contribution in [0.4, 0.5) is 0 Å². The van der Waals surface area contributed by atoms with Crippen molar-refractivity contribution < 1.29 is 0 Å². The van der Waals surface area contributed by atoms with Crippen LogP contribution in [0.5, 0.6) is 0 Å². The monoisotopic (exact) mass is 288 g/mol. The van der Waals surface area contributed by atoms with Gasteiger partial charge in [0.2, 0.25) is 0 Å². The number of piperidine rings is 1. The Balaban J connectivity index is 1.86. The van der Waals surface area contributed by atoms with Gasteiger partial charge in [0.05, 0.1) is 0 Å². The molecule has 1 aliphatic heterocycles. The molecule has 2 rings (SSSR count). The van der Waals surface area contributed by atoms with Crippen LogP contribution in [-0.2, 0) is 6.54 Å². The van der Waals surface area contributed by atoms with Gasteiger partial charge in [-0.3, -0.25) is 4.90 Å². The molecule has 1 saturated heterocycles. The molecule has 118 valence electrons. The summed E-state index contributed by atoms with van der Waals surface area (Å²) in [6.07, 6.45) is 2.76. The molecule has 0 spiro atoms. The molecular formula is C19H32N2. The Morgan fingerprint density at radius 2 is 1.90 bits per heavy atom. The first kappa shape index (κ1) is 16.5. The maximum absolute atomic E-state index is 3.52. The number of likely N-dealkylation sites (tertiary alicyclic amines) is 1. The molecule has 1 heterocycles. The summed E-state index contributed by atoms with van der Waals surface area (Å²) in [6.45, 7) is 13.8. The van der Waals surface area contributed by atoms with Gasteiger partial charge in [-0.15, -0.1) is 0 Å². The molecule has 1 aromatic carbocycles. The van der Waals surface area contributed by atoms with Gasteiger partial charge in [0.15, 0.2) is 0 Å². The van der Waals surface area contributed by atoms with Gasteiger partial charge < -0.3 is 5.32 Å². The molecule has 1 aliphatic rings. The van der Waals surface area contributed by atoms with Crippen molar-refractivity contribution in [1.82, 2.24) is 10.2 Å². The topological polar surface area (TPSA) is 15.3 Å². The fourth-order valence-corrected chi connectivity index (χ4v) is 3.17. The maximum Gasteiger partial charge on any atom is 0.0233 e. The fourth-order valence-electron chi connectivity index (χ4n) is 3.17. The van der Waals surface area contributed by atoms with E-state index >= 15 is 0 Å². The Morgan fingerprint density at radius 1 is 1.19 bits per heavy atom. The Hall–Kier alpha value is -0.860. The number of nitrogens with zero attached hydrogens (tertiary/aromatic N) is 1. The second-order valence-corrected chi connectivity index (χ2v) is 7.19. The summed E-state index contributed by atoms with van der Waals surface area (Å²) in [7, 11) is 0. The van der Waals surface area contributed by atoms with Crippen molar-refractivity contribution in [2.45, 2.75) is 59.0 Å². The standard InChI is InChI=1S/C19H32N2/c1-15(2)20-12-17(4)19-9-7-18(8-10-19)14-21-11-5-6-16(3)13-21/h7-10,15-17,20H,5-6,11-14H2,1-4H3. The summed E-state index contributed by atoms with van der Waals surface area (Å²) in [4.78, 5) is 2.60. The van der Waals surface area contributed by atoms with Crippen LogP contribution in [0.25, 0.3) is 0 Å². The summed E-state index contributed by atoms with van der Waals surface area (Å²) in [5.74, 6) is 1.44. The highest BCUT2D eigenvalue weighted by Gasteiger charge is 2.16. The van der Waals surface area contributed by atoms with Crippen LogP contribution in [-0.4, -0.2) is 30.6 Å². The smallest absolute Gasteiger partial charge is 0.0233 e. The van der Waals surface area contributed by atoms with E-state index < -0.39 is 0 Å². The maximum atomic E-state index is 3.52. The van der Waals surface area contributed by atoms with Crippen LogP contribution in [0, 0.1) is 5.92 Å². The van der Waals surface area contributed by atoms with Crippen LogP contribution >= 0.6 is 0 Å². The van der Waals surface area contributed by atoms with Gasteiger partial charge in [-0.25, -0.2) is 0 Å². The van der Waals surface area contributed by atoms with Crippen LogP contribution in [0.3, 0.4) is 0 Å². The molecule has 2 nitrogen and oxygen atoms in total. The lowest BCUT2D eigenvalue weighted by Crippen LogP contribution is -2.33. The largest absolute Gasteiger partial charge is 0.314 e. The van der Waals surface area contributed by atoms with Crippen LogP contribution < -0.4 is 5.32 Å². The fraction of sp³-hybridized carbons (Fsp3) is 0.684. The minimum atomic E-state index is 0.563. The zero-order chi connectivity index (χ0) is 15.2. The molecule has 0 bridgehead atoms. The molecule has 0 radical (unpaired) electrons. The minimum Gasteiger partial charge on any atom is -0.314 e. The first-order valence-corrected chi connectivity index (χ1v) is 8.59. The lowest BCUT2D eigenvalue weighted by molar-refractivity contribution is 0.176. The predicted octanol–water partition coefficient (Wildman–Crippen LogP) is 4.02. The molecule has 1 fully saturated rings. The number of hydrogen-bond donors (Lipinski definition) is 1. The van der Waals surface area contributed by atoms with Crippen LogP contribution in [0.2, 0.25) is 0 Å². The van der Waals surface area contributed by atoms with E-state index in [-0.39, 0.29) is 0 Å². The van der Waals surface area contributed by atoms with E-state index in [1.54, 1.807) is 0 Å². The molecule has 0 saturated carbocycles. The van der Waals surface area contributed by atoms with E-state index in [1.807, 2.05) is 0 Å². The highest BCUT2D eigenvalue weighted by atomic mass is 15.1. The van der Waals surface area contributed by atoms with Gasteiger partial charge in [-0.05, 0) is 42.3 Å². The van der Waals surface area contributed by atoms with Gasteiger partial charge in [0, 0.05) is 25.7 Å². The third kappa shape index (κ3) is 5.44. The lowest BCUT2D eigenvalue weighted by atomic mass is 9.98. The number of rotatable bonds is 6. The molecule has 0 aromatic heterocycles. The Kier molecular flexibility index (Phi) is 6.25. The average Bonchev–Trinajstić information content (AvgIpc) is 2.45. The second kappa shape index (κ2) is 7.95. The molecular weight excluding hydrogens is 256 g/mol. The zero-order valence-electron chi connectivity index (χ0n) is 14.2. The quantitative estimate of drug-likeness (QED) is 0.850. The first-order valence-electron chi connectivity index (χ1n) is 8.59. The molecule has 2 heteroatoms. The Morgan fingerprint density at radius 3 is 2.52 bits per heavy atom. The number of nitrogens with one attached hydrogen (secondary N) is 1. The summed E-state index contributed by atoms with van der Waals surface area (Å²) in [6, 6.07) is 9.83. The molecule has 2 atom stereocenters. The molecule has 21 heavy (non-hydrogen) atoms. The van der Waals surface area contributed by atoms with Gasteiger partial charge in [0.1, 0.15) is 0 Å². The molecule has 1 aromatic rings. The highest BCUT2D eigenvalue weighted by molar-refractivity contribution is 5.25. The highest BCUT2D eigenvalue weighted by Crippen LogP contribution is 2.20. The summed E-state index contributed by atoms with van der Waals surface area (Å²) < 4.78 is 0. The SMILES string of the molecule is CC1CCCN(Cc2ccc(C(C)CNC(C)C)cc2)C1. The zero-order valence-corrected chi connectivity index (χ0v) is 14.2. The van der Waals surface area contributed by atoms with Gasteiger partial charge in [-0.1, -0.05) is 52.0 Å². The summed E-state index contributed by atoms with van der Waals surface area (Å²) in [5, 5.41) is 3.52. The van der Waals surface area contributed by atoms with Gasteiger partial charge in [0.25, 0.3) is 0 Å². The Labute approximate surface area is 130 Å².